The molecule has 24 heavy (non-hydrogen) atoms. The Balaban J connectivity index is 1.64. The minimum atomic E-state index is 0.329. The van der Waals surface area contributed by atoms with Crippen molar-refractivity contribution in [2.75, 3.05) is 26.8 Å². The molecule has 1 unspecified atom stereocenters. The van der Waals surface area contributed by atoms with Crippen molar-refractivity contribution in [3.05, 3.63) is 23.8 Å². The molecule has 3 aliphatic rings. The van der Waals surface area contributed by atoms with E-state index in [1.54, 1.807) is 0 Å². The van der Waals surface area contributed by atoms with E-state index < -0.39 is 0 Å². The zero-order chi connectivity index (χ0) is 16.6. The van der Waals surface area contributed by atoms with Crippen LogP contribution < -0.4 is 9.47 Å². The molecule has 132 valence electrons. The van der Waals surface area contributed by atoms with Crippen molar-refractivity contribution in [1.82, 2.24) is 4.90 Å². The van der Waals surface area contributed by atoms with Crippen molar-refractivity contribution in [2.45, 2.75) is 63.3 Å². The van der Waals surface area contributed by atoms with Crippen LogP contribution in [0.15, 0.2) is 18.2 Å². The van der Waals surface area contributed by atoms with E-state index in [4.69, 9.17) is 9.47 Å². The molecule has 2 aliphatic carbocycles. The number of likely N-dealkylation sites (tertiary alicyclic amines) is 1. The lowest BCUT2D eigenvalue weighted by Gasteiger charge is -2.42. The lowest BCUT2D eigenvalue weighted by molar-refractivity contribution is 0.181. The largest absolute Gasteiger partial charge is 0.490 e. The van der Waals surface area contributed by atoms with Crippen LogP contribution in [0.4, 0.5) is 0 Å². The lowest BCUT2D eigenvalue weighted by atomic mass is 9.66. The molecule has 0 aromatic heterocycles. The fourth-order valence-electron chi connectivity index (χ4n) is 4.87. The zero-order valence-electron chi connectivity index (χ0n) is 15.2. The number of rotatable bonds is 6. The van der Waals surface area contributed by atoms with Crippen molar-refractivity contribution in [3.8, 4) is 11.5 Å². The number of hydrogen-bond donors (Lipinski definition) is 0. The van der Waals surface area contributed by atoms with Crippen LogP contribution >= 0.6 is 0 Å². The summed E-state index contributed by atoms with van der Waals surface area (Å²) in [5.41, 5.74) is 1.81. The molecule has 1 aromatic rings. The maximum atomic E-state index is 6.18. The lowest BCUT2D eigenvalue weighted by Crippen LogP contribution is -2.43. The van der Waals surface area contributed by atoms with Gasteiger partial charge in [0.05, 0.1) is 13.2 Å². The van der Waals surface area contributed by atoms with Gasteiger partial charge in [-0.1, -0.05) is 18.9 Å². The monoisotopic (exact) mass is 329 g/mol. The van der Waals surface area contributed by atoms with Gasteiger partial charge in [-0.3, -0.25) is 0 Å². The van der Waals surface area contributed by atoms with Crippen LogP contribution in [0, 0.1) is 5.92 Å². The van der Waals surface area contributed by atoms with Crippen molar-refractivity contribution >= 4 is 0 Å². The van der Waals surface area contributed by atoms with Gasteiger partial charge in [0, 0.05) is 11.5 Å². The third kappa shape index (κ3) is 2.92. The number of benzene rings is 1. The summed E-state index contributed by atoms with van der Waals surface area (Å²) in [6.07, 6.45) is 9.31. The number of ether oxygens (including phenoxy) is 2. The van der Waals surface area contributed by atoms with E-state index in [9.17, 15) is 0 Å². The highest BCUT2D eigenvalue weighted by Gasteiger charge is 2.48. The molecule has 0 bridgehead atoms. The van der Waals surface area contributed by atoms with Gasteiger partial charge in [-0.25, -0.2) is 0 Å². The Bertz CT molecular complexity index is 579. The van der Waals surface area contributed by atoms with Gasteiger partial charge in [-0.2, -0.15) is 0 Å². The molecule has 1 aliphatic heterocycles. The van der Waals surface area contributed by atoms with Crippen molar-refractivity contribution in [3.63, 3.8) is 0 Å². The summed E-state index contributed by atoms with van der Waals surface area (Å²) in [6.45, 7) is 4.80. The van der Waals surface area contributed by atoms with Crippen LogP contribution in [-0.2, 0) is 5.41 Å². The van der Waals surface area contributed by atoms with Gasteiger partial charge in [-0.15, -0.1) is 0 Å². The summed E-state index contributed by atoms with van der Waals surface area (Å²) in [6, 6.07) is 7.47. The van der Waals surface area contributed by atoms with Gasteiger partial charge in [-0.05, 0) is 76.2 Å². The average molecular weight is 329 g/mol. The summed E-state index contributed by atoms with van der Waals surface area (Å²) in [4.78, 5) is 2.58. The second kappa shape index (κ2) is 6.59. The summed E-state index contributed by atoms with van der Waals surface area (Å²) >= 11 is 0. The average Bonchev–Trinajstić information content (AvgIpc) is 3.38. The van der Waals surface area contributed by atoms with E-state index >= 15 is 0 Å². The molecule has 2 saturated carbocycles. The Morgan fingerprint density at radius 1 is 1.08 bits per heavy atom. The molecule has 1 saturated heterocycles. The number of hydrogen-bond acceptors (Lipinski definition) is 3. The van der Waals surface area contributed by atoms with Crippen molar-refractivity contribution in [2.24, 2.45) is 5.92 Å². The second-order valence-corrected chi connectivity index (χ2v) is 8.00. The third-order valence-electron chi connectivity index (χ3n) is 6.42. The van der Waals surface area contributed by atoms with E-state index in [-0.39, 0.29) is 0 Å². The first-order chi connectivity index (χ1) is 11.7. The molecular weight excluding hydrogens is 298 g/mol. The fourth-order valence-corrected chi connectivity index (χ4v) is 4.87. The fraction of sp³-hybridized carbons (Fsp3) is 0.714. The first kappa shape index (κ1) is 16.3. The van der Waals surface area contributed by atoms with E-state index in [1.807, 2.05) is 6.92 Å². The van der Waals surface area contributed by atoms with Crippen molar-refractivity contribution < 1.29 is 9.47 Å². The highest BCUT2D eigenvalue weighted by molar-refractivity contribution is 5.46. The van der Waals surface area contributed by atoms with Crippen LogP contribution in [-0.4, -0.2) is 37.7 Å². The molecule has 0 amide bonds. The van der Waals surface area contributed by atoms with E-state index in [0.29, 0.717) is 18.1 Å². The van der Waals surface area contributed by atoms with Gasteiger partial charge >= 0.3 is 0 Å². The maximum absolute atomic E-state index is 6.18. The predicted molar refractivity (Wildman–Crippen MR) is 97.0 cm³/mol. The molecular formula is C21H31NO2. The number of likely N-dealkylation sites (N-methyl/N-ethyl adjacent to an activating group) is 1. The zero-order valence-corrected chi connectivity index (χ0v) is 15.2. The molecule has 1 heterocycles. The van der Waals surface area contributed by atoms with Crippen molar-refractivity contribution in [1.29, 1.82) is 0 Å². The Morgan fingerprint density at radius 3 is 2.75 bits per heavy atom. The molecule has 0 N–H and O–H groups in total. The van der Waals surface area contributed by atoms with Crippen LogP contribution in [0.25, 0.3) is 0 Å². The molecule has 0 radical (unpaired) electrons. The quantitative estimate of drug-likeness (QED) is 0.772. The van der Waals surface area contributed by atoms with E-state index in [2.05, 4.69) is 30.1 Å². The second-order valence-electron chi connectivity index (χ2n) is 8.00. The Morgan fingerprint density at radius 2 is 1.96 bits per heavy atom. The minimum absolute atomic E-state index is 0.329. The molecule has 0 spiro atoms. The van der Waals surface area contributed by atoms with Crippen LogP contribution in [0.3, 0.4) is 0 Å². The standard InChI is InChI=1S/C21H31NO2/c1-3-23-18-10-9-17(14-19(18)24-15-16-7-8-16)21-11-5-4-6-20(21)22(2)13-12-21/h9-10,14,16,20H,3-8,11-13,15H2,1-2H3/t20?,21-/m0/s1. The molecule has 1 aromatic carbocycles. The summed E-state index contributed by atoms with van der Waals surface area (Å²) in [7, 11) is 2.30. The molecule has 4 rings (SSSR count). The molecule has 3 heteroatoms. The summed E-state index contributed by atoms with van der Waals surface area (Å²) in [5, 5.41) is 0. The first-order valence-electron chi connectivity index (χ1n) is 9.83. The van der Waals surface area contributed by atoms with Crippen LogP contribution in [0.5, 0.6) is 11.5 Å². The van der Waals surface area contributed by atoms with Gasteiger partial charge in [0.15, 0.2) is 11.5 Å². The van der Waals surface area contributed by atoms with Gasteiger partial charge in [0.1, 0.15) is 0 Å². The number of fused-ring (bicyclic) bond motifs is 1. The number of nitrogens with zero attached hydrogens (tertiary/aromatic N) is 1. The SMILES string of the molecule is CCOc1ccc([C@@]23CCCCC2N(C)CC3)cc1OCC1CC1. The summed E-state index contributed by atoms with van der Waals surface area (Å²) in [5.74, 6) is 2.65. The molecule has 3 nitrogen and oxygen atoms in total. The first-order valence-corrected chi connectivity index (χ1v) is 9.83. The Kier molecular flexibility index (Phi) is 4.46. The summed E-state index contributed by atoms with van der Waals surface area (Å²) < 4.78 is 12.0. The normalized spacial score (nSPS) is 30.2. The highest BCUT2D eigenvalue weighted by atomic mass is 16.5. The van der Waals surface area contributed by atoms with Crippen LogP contribution in [0.1, 0.15) is 57.4 Å². The molecule has 3 fully saturated rings. The maximum Gasteiger partial charge on any atom is 0.161 e. The van der Waals surface area contributed by atoms with Crippen LogP contribution in [0.2, 0.25) is 0 Å². The van der Waals surface area contributed by atoms with Gasteiger partial charge < -0.3 is 14.4 Å². The van der Waals surface area contributed by atoms with Gasteiger partial charge in [0.2, 0.25) is 0 Å². The third-order valence-corrected chi connectivity index (χ3v) is 6.42. The van der Waals surface area contributed by atoms with E-state index in [1.165, 1.54) is 57.1 Å². The highest BCUT2D eigenvalue weighted by Crippen LogP contribution is 2.49. The molecule has 2 atom stereocenters. The van der Waals surface area contributed by atoms with Gasteiger partial charge in [0.25, 0.3) is 0 Å². The topological polar surface area (TPSA) is 21.7 Å². The Labute approximate surface area is 146 Å². The Hall–Kier alpha value is -1.22. The minimum Gasteiger partial charge on any atom is -0.490 e. The van der Waals surface area contributed by atoms with E-state index in [0.717, 1.165) is 24.0 Å². The predicted octanol–water partition coefficient (Wildman–Crippen LogP) is 4.39. The smallest absolute Gasteiger partial charge is 0.161 e.